The van der Waals surface area contributed by atoms with Crippen molar-refractivity contribution in [2.45, 2.75) is 27.2 Å². The van der Waals surface area contributed by atoms with Crippen LogP contribution in [0, 0.1) is 41.7 Å². The third-order valence-corrected chi connectivity index (χ3v) is 2.06. The molecule has 0 bridgehead atoms. The van der Waals surface area contributed by atoms with Crippen LogP contribution < -0.4 is 0 Å². The molecular weight excluding hydrogens is 263 g/mol. The quantitative estimate of drug-likeness (QED) is 0.618. The summed E-state index contributed by atoms with van der Waals surface area (Å²) in [5.41, 5.74) is 3.12. The number of hydrogen-bond acceptors (Lipinski definition) is 1. The molecule has 1 aliphatic rings. The van der Waals surface area contributed by atoms with Crippen molar-refractivity contribution in [1.29, 1.82) is 0 Å². The predicted molar refractivity (Wildman–Crippen MR) is 40.4 cm³/mol. The SMILES string of the molecule is CC1=[C-]CC(=O)C(C)=C1C.[La]. The van der Waals surface area contributed by atoms with E-state index in [0.717, 1.165) is 16.7 Å². The molecular formula is C9H11LaO-. The molecule has 0 N–H and O–H groups in total. The molecule has 0 heterocycles. The number of Topliss-reactive ketones (excluding diaryl/α,β-unsaturated/α-hetero) is 1. The van der Waals surface area contributed by atoms with Crippen molar-refractivity contribution in [3.05, 3.63) is 22.8 Å². The van der Waals surface area contributed by atoms with Crippen molar-refractivity contribution in [3.63, 3.8) is 0 Å². The fourth-order valence-corrected chi connectivity index (χ4v) is 0.968. The largest absolute Gasteiger partial charge is 0.298 e. The molecule has 0 aliphatic heterocycles. The minimum atomic E-state index is 0. The second-order valence-corrected chi connectivity index (χ2v) is 2.65. The van der Waals surface area contributed by atoms with Gasteiger partial charge in [0, 0.05) is 35.6 Å². The minimum absolute atomic E-state index is 0. The molecule has 57 valence electrons. The second-order valence-electron chi connectivity index (χ2n) is 2.65. The molecule has 1 aliphatic carbocycles. The second kappa shape index (κ2) is 4.39. The van der Waals surface area contributed by atoms with E-state index in [-0.39, 0.29) is 41.4 Å². The smallest absolute Gasteiger partial charge is 0.127 e. The van der Waals surface area contributed by atoms with Gasteiger partial charge in [-0.1, -0.05) is 19.4 Å². The van der Waals surface area contributed by atoms with Crippen LogP contribution in [0.25, 0.3) is 0 Å². The van der Waals surface area contributed by atoms with Gasteiger partial charge >= 0.3 is 0 Å². The Labute approximate surface area is 95.5 Å². The molecule has 1 nitrogen and oxygen atoms in total. The van der Waals surface area contributed by atoms with Crippen LogP contribution in [0.15, 0.2) is 16.7 Å². The molecule has 0 unspecified atom stereocenters. The van der Waals surface area contributed by atoms with Crippen LogP contribution in [0.3, 0.4) is 0 Å². The average Bonchev–Trinajstić information content (AvgIpc) is 1.93. The third kappa shape index (κ3) is 2.39. The van der Waals surface area contributed by atoms with Crippen molar-refractivity contribution < 1.29 is 40.4 Å². The first-order chi connectivity index (χ1) is 4.63. The van der Waals surface area contributed by atoms with Gasteiger partial charge in [-0.25, -0.2) is 5.57 Å². The van der Waals surface area contributed by atoms with Crippen LogP contribution >= 0.6 is 0 Å². The van der Waals surface area contributed by atoms with E-state index in [1.807, 2.05) is 20.8 Å². The van der Waals surface area contributed by atoms with Crippen LogP contribution in [-0.4, -0.2) is 5.78 Å². The van der Waals surface area contributed by atoms with Gasteiger partial charge in [-0.3, -0.25) is 10.9 Å². The summed E-state index contributed by atoms with van der Waals surface area (Å²) in [5, 5.41) is 0. The number of rotatable bonds is 0. The molecule has 0 saturated heterocycles. The summed E-state index contributed by atoms with van der Waals surface area (Å²) in [5.74, 6) is 0.211. The van der Waals surface area contributed by atoms with E-state index in [1.54, 1.807) is 0 Å². The molecule has 0 aromatic heterocycles. The Morgan fingerprint density at radius 3 is 2.18 bits per heavy atom. The van der Waals surface area contributed by atoms with Crippen molar-refractivity contribution in [3.8, 4) is 0 Å². The summed E-state index contributed by atoms with van der Waals surface area (Å²) in [6, 6.07) is 0. The maximum atomic E-state index is 11.0. The van der Waals surface area contributed by atoms with Gasteiger partial charge in [-0.05, 0) is 6.42 Å². The molecule has 1 rings (SSSR count). The number of allylic oxidation sites excluding steroid dienone is 4. The maximum absolute atomic E-state index is 11.0. The van der Waals surface area contributed by atoms with Gasteiger partial charge in [0.05, 0.1) is 0 Å². The number of carbonyl (C=O) groups is 1. The van der Waals surface area contributed by atoms with Crippen LogP contribution in [0.1, 0.15) is 27.2 Å². The van der Waals surface area contributed by atoms with E-state index in [9.17, 15) is 4.79 Å². The van der Waals surface area contributed by atoms with E-state index >= 15 is 0 Å². The van der Waals surface area contributed by atoms with E-state index in [4.69, 9.17) is 0 Å². The molecule has 0 amide bonds. The number of carbonyl (C=O) groups excluding carboxylic acids is 1. The third-order valence-electron chi connectivity index (χ3n) is 2.06. The maximum Gasteiger partial charge on any atom is 0.127 e. The monoisotopic (exact) mass is 274 g/mol. The van der Waals surface area contributed by atoms with E-state index < -0.39 is 0 Å². The first kappa shape index (κ1) is 11.3. The first-order valence-electron chi connectivity index (χ1n) is 3.41. The van der Waals surface area contributed by atoms with Crippen LogP contribution in [-0.2, 0) is 4.79 Å². The summed E-state index contributed by atoms with van der Waals surface area (Å²) in [7, 11) is 0. The van der Waals surface area contributed by atoms with E-state index in [0.29, 0.717) is 6.42 Å². The summed E-state index contributed by atoms with van der Waals surface area (Å²) in [6.45, 7) is 5.84. The van der Waals surface area contributed by atoms with Gasteiger partial charge < -0.3 is 0 Å². The minimum Gasteiger partial charge on any atom is -0.298 e. The standard InChI is InChI=1S/C9H11O.La/c1-6-4-5-9(10)8(3)7(6)2;/h5H2,1-3H3;/q-1;. The van der Waals surface area contributed by atoms with Crippen molar-refractivity contribution in [2.75, 3.05) is 0 Å². The van der Waals surface area contributed by atoms with Gasteiger partial charge in [0.1, 0.15) is 5.78 Å². The van der Waals surface area contributed by atoms with E-state index in [2.05, 4.69) is 6.08 Å². The summed E-state index contributed by atoms with van der Waals surface area (Å²) in [4.78, 5) is 11.0. The summed E-state index contributed by atoms with van der Waals surface area (Å²) >= 11 is 0. The van der Waals surface area contributed by atoms with Crippen LogP contribution in [0.2, 0.25) is 0 Å². The molecule has 0 aromatic rings. The summed E-state index contributed by atoms with van der Waals surface area (Å²) < 4.78 is 0. The first-order valence-corrected chi connectivity index (χ1v) is 3.41. The topological polar surface area (TPSA) is 17.1 Å². The zero-order valence-corrected chi connectivity index (χ0v) is 10.8. The van der Waals surface area contributed by atoms with Gasteiger partial charge in [0.2, 0.25) is 0 Å². The Kier molecular flexibility index (Phi) is 4.53. The molecule has 11 heavy (non-hydrogen) atoms. The molecule has 0 saturated carbocycles. The predicted octanol–water partition coefficient (Wildman–Crippen LogP) is 2.05. The van der Waals surface area contributed by atoms with Gasteiger partial charge in [0.25, 0.3) is 0 Å². The van der Waals surface area contributed by atoms with Crippen LogP contribution in [0.4, 0.5) is 0 Å². The Morgan fingerprint density at radius 1 is 1.18 bits per heavy atom. The molecule has 2 heteroatoms. The molecule has 0 fully saturated rings. The van der Waals surface area contributed by atoms with Gasteiger partial charge in [-0.15, -0.1) is 6.92 Å². The van der Waals surface area contributed by atoms with E-state index in [1.165, 1.54) is 0 Å². The zero-order valence-electron chi connectivity index (χ0n) is 7.19. The normalized spacial score (nSPS) is 17.7. The zero-order chi connectivity index (χ0) is 7.72. The van der Waals surface area contributed by atoms with Gasteiger partial charge in [-0.2, -0.15) is 5.57 Å². The fourth-order valence-electron chi connectivity index (χ4n) is 0.968. The van der Waals surface area contributed by atoms with Crippen LogP contribution in [0.5, 0.6) is 0 Å². The van der Waals surface area contributed by atoms with Crippen molar-refractivity contribution >= 4 is 5.78 Å². The average molecular weight is 274 g/mol. The molecule has 0 atom stereocenters. The Hall–Kier alpha value is 0.345. The molecule has 1 radical (unpaired) electrons. The Bertz CT molecular complexity index is 232. The number of ketones is 1. The molecule has 0 aromatic carbocycles. The Balaban J connectivity index is 0.000001000. The Morgan fingerprint density at radius 2 is 1.73 bits per heavy atom. The molecule has 0 spiro atoms. The number of hydrogen-bond donors (Lipinski definition) is 0. The van der Waals surface area contributed by atoms with Crippen molar-refractivity contribution in [1.82, 2.24) is 0 Å². The fraction of sp³-hybridized carbons (Fsp3) is 0.444. The van der Waals surface area contributed by atoms with Crippen molar-refractivity contribution in [2.24, 2.45) is 0 Å². The van der Waals surface area contributed by atoms with Gasteiger partial charge in [0.15, 0.2) is 0 Å². The summed E-state index contributed by atoms with van der Waals surface area (Å²) in [6.07, 6.45) is 3.49.